The minimum absolute atomic E-state index is 0.210. The van der Waals surface area contributed by atoms with Crippen LogP contribution in [-0.4, -0.2) is 36.3 Å². The number of rotatable bonds is 2. The number of amidine groups is 1. The van der Waals surface area contributed by atoms with Gasteiger partial charge in [-0.15, -0.1) is 0 Å². The number of carbonyl (C=O) groups is 1. The Morgan fingerprint density at radius 2 is 2.46 bits per heavy atom. The van der Waals surface area contributed by atoms with E-state index in [9.17, 15) is 4.79 Å². The normalized spacial score (nSPS) is 25.1. The maximum absolute atomic E-state index is 11.1. The molecule has 1 heterocycles. The Labute approximate surface area is 78.8 Å². The molecule has 1 unspecified atom stereocenters. The van der Waals surface area contributed by atoms with Crippen molar-refractivity contribution in [1.29, 1.82) is 0 Å². The molecule has 1 aliphatic rings. The van der Waals surface area contributed by atoms with Crippen molar-refractivity contribution in [3.05, 3.63) is 0 Å². The maximum Gasteiger partial charge on any atom is 0.222 e. The third kappa shape index (κ3) is 2.72. The average molecular weight is 183 g/mol. The van der Waals surface area contributed by atoms with Gasteiger partial charge in [-0.2, -0.15) is 0 Å². The predicted molar refractivity (Wildman–Crippen MR) is 52.6 cm³/mol. The van der Waals surface area contributed by atoms with E-state index in [1.807, 2.05) is 14.0 Å². The summed E-state index contributed by atoms with van der Waals surface area (Å²) in [6, 6.07) is 0.211. The van der Waals surface area contributed by atoms with Crippen LogP contribution in [0.25, 0.3) is 0 Å². The van der Waals surface area contributed by atoms with E-state index in [1.54, 1.807) is 4.90 Å². The second-order valence-corrected chi connectivity index (χ2v) is 3.44. The number of aliphatic imine (C=N–C) groups is 1. The highest BCUT2D eigenvalue weighted by atomic mass is 16.2. The Kier molecular flexibility index (Phi) is 3.28. The molecule has 0 saturated carbocycles. The highest BCUT2D eigenvalue weighted by Crippen LogP contribution is 2.12. The molecule has 74 valence electrons. The molecule has 0 aliphatic carbocycles. The van der Waals surface area contributed by atoms with Gasteiger partial charge in [-0.05, 0) is 6.42 Å². The van der Waals surface area contributed by atoms with E-state index in [4.69, 9.17) is 5.73 Å². The van der Waals surface area contributed by atoms with Gasteiger partial charge >= 0.3 is 0 Å². The molecule has 0 aromatic heterocycles. The van der Waals surface area contributed by atoms with Gasteiger partial charge in [0.15, 0.2) is 0 Å². The van der Waals surface area contributed by atoms with Gasteiger partial charge in [-0.25, -0.2) is 0 Å². The minimum atomic E-state index is 0.210. The fraction of sp³-hybridized carbons (Fsp3) is 0.778. The average Bonchev–Trinajstić information content (AvgIpc) is 2.11. The van der Waals surface area contributed by atoms with E-state index < -0.39 is 0 Å². The zero-order chi connectivity index (χ0) is 9.84. The van der Waals surface area contributed by atoms with E-state index in [-0.39, 0.29) is 11.9 Å². The molecular weight excluding hydrogens is 166 g/mol. The number of amides is 1. The Morgan fingerprint density at radius 1 is 1.77 bits per heavy atom. The van der Waals surface area contributed by atoms with Crippen LogP contribution in [0, 0.1) is 0 Å². The fourth-order valence-corrected chi connectivity index (χ4v) is 1.42. The van der Waals surface area contributed by atoms with Crippen LogP contribution in [0.3, 0.4) is 0 Å². The van der Waals surface area contributed by atoms with E-state index in [1.165, 1.54) is 0 Å². The summed E-state index contributed by atoms with van der Waals surface area (Å²) in [7, 11) is 1.81. The first kappa shape index (κ1) is 10.0. The number of hydrogen-bond donors (Lipinski definition) is 1. The van der Waals surface area contributed by atoms with Crippen LogP contribution in [0.2, 0.25) is 0 Å². The molecule has 1 rings (SSSR count). The summed E-state index contributed by atoms with van der Waals surface area (Å²) >= 11 is 0. The molecule has 1 amide bonds. The standard InChI is InChI=1S/C9H17N3O/c1-3-8(10)11-7-4-5-9(13)12(2)6-7/h7H,3-6H2,1-2H3,(H2,10,11). The van der Waals surface area contributed by atoms with Crippen molar-refractivity contribution in [3.63, 3.8) is 0 Å². The second kappa shape index (κ2) is 4.25. The van der Waals surface area contributed by atoms with Gasteiger partial charge in [0.1, 0.15) is 0 Å². The van der Waals surface area contributed by atoms with Gasteiger partial charge in [0.2, 0.25) is 5.91 Å². The summed E-state index contributed by atoms with van der Waals surface area (Å²) < 4.78 is 0. The predicted octanol–water partition coefficient (Wildman–Crippen LogP) is 0.374. The van der Waals surface area contributed by atoms with Gasteiger partial charge in [-0.3, -0.25) is 9.79 Å². The minimum Gasteiger partial charge on any atom is -0.387 e. The third-order valence-electron chi connectivity index (χ3n) is 2.31. The number of piperidine rings is 1. The lowest BCUT2D eigenvalue weighted by Crippen LogP contribution is -2.39. The Balaban J connectivity index is 2.51. The molecule has 1 aliphatic heterocycles. The molecule has 4 nitrogen and oxygen atoms in total. The first-order valence-electron chi connectivity index (χ1n) is 4.69. The van der Waals surface area contributed by atoms with Crippen LogP contribution in [-0.2, 0) is 4.79 Å². The van der Waals surface area contributed by atoms with Gasteiger partial charge in [0.05, 0.1) is 11.9 Å². The van der Waals surface area contributed by atoms with Crippen molar-refractivity contribution < 1.29 is 4.79 Å². The van der Waals surface area contributed by atoms with Crippen molar-refractivity contribution in [2.75, 3.05) is 13.6 Å². The van der Waals surface area contributed by atoms with E-state index in [0.717, 1.165) is 12.8 Å². The quantitative estimate of drug-likeness (QED) is 0.497. The van der Waals surface area contributed by atoms with Crippen LogP contribution in [0.5, 0.6) is 0 Å². The lowest BCUT2D eigenvalue weighted by atomic mass is 10.1. The molecule has 13 heavy (non-hydrogen) atoms. The smallest absolute Gasteiger partial charge is 0.222 e. The van der Waals surface area contributed by atoms with Crippen LogP contribution >= 0.6 is 0 Å². The highest BCUT2D eigenvalue weighted by molar-refractivity contribution is 5.80. The van der Waals surface area contributed by atoms with Crippen molar-refractivity contribution >= 4 is 11.7 Å². The Hall–Kier alpha value is -1.06. The van der Waals surface area contributed by atoms with Crippen LogP contribution < -0.4 is 5.73 Å². The SMILES string of the molecule is CCC(N)=NC1CCC(=O)N(C)C1. The van der Waals surface area contributed by atoms with Gasteiger partial charge < -0.3 is 10.6 Å². The van der Waals surface area contributed by atoms with E-state index in [0.29, 0.717) is 18.8 Å². The summed E-state index contributed by atoms with van der Waals surface area (Å²) in [5, 5.41) is 0. The zero-order valence-electron chi connectivity index (χ0n) is 8.29. The largest absolute Gasteiger partial charge is 0.387 e. The fourth-order valence-electron chi connectivity index (χ4n) is 1.42. The van der Waals surface area contributed by atoms with Crippen LogP contribution in [0.4, 0.5) is 0 Å². The number of hydrogen-bond acceptors (Lipinski definition) is 2. The summed E-state index contributed by atoms with van der Waals surface area (Å²) in [6.07, 6.45) is 2.22. The molecule has 0 bridgehead atoms. The molecular formula is C9H17N3O. The Bertz CT molecular complexity index is 225. The Morgan fingerprint density at radius 3 is 3.00 bits per heavy atom. The molecule has 0 spiro atoms. The van der Waals surface area contributed by atoms with Crippen LogP contribution in [0.15, 0.2) is 4.99 Å². The molecule has 0 aromatic rings. The molecule has 0 aromatic carbocycles. The van der Waals surface area contributed by atoms with Crippen molar-refractivity contribution in [1.82, 2.24) is 4.90 Å². The lowest BCUT2D eigenvalue weighted by molar-refractivity contribution is -0.132. The molecule has 1 saturated heterocycles. The molecule has 0 radical (unpaired) electrons. The van der Waals surface area contributed by atoms with Gasteiger partial charge in [0, 0.05) is 26.4 Å². The lowest BCUT2D eigenvalue weighted by Gasteiger charge is -2.27. The van der Waals surface area contributed by atoms with Crippen LogP contribution in [0.1, 0.15) is 26.2 Å². The number of nitrogens with zero attached hydrogens (tertiary/aromatic N) is 2. The molecule has 1 atom stereocenters. The third-order valence-corrected chi connectivity index (χ3v) is 2.31. The highest BCUT2D eigenvalue weighted by Gasteiger charge is 2.21. The summed E-state index contributed by atoms with van der Waals surface area (Å²) in [5.41, 5.74) is 5.63. The first-order chi connectivity index (χ1) is 6.13. The van der Waals surface area contributed by atoms with Crippen molar-refractivity contribution in [2.45, 2.75) is 32.2 Å². The van der Waals surface area contributed by atoms with E-state index >= 15 is 0 Å². The van der Waals surface area contributed by atoms with Crippen molar-refractivity contribution in [3.8, 4) is 0 Å². The number of carbonyl (C=O) groups excluding carboxylic acids is 1. The van der Waals surface area contributed by atoms with Gasteiger partial charge in [-0.1, -0.05) is 6.92 Å². The number of likely N-dealkylation sites (tertiary alicyclic amines) is 1. The zero-order valence-corrected chi connectivity index (χ0v) is 8.29. The summed E-state index contributed by atoms with van der Waals surface area (Å²) in [4.78, 5) is 17.2. The molecule has 1 fully saturated rings. The number of likely N-dealkylation sites (N-methyl/N-ethyl adjacent to an activating group) is 1. The monoisotopic (exact) mass is 183 g/mol. The first-order valence-corrected chi connectivity index (χ1v) is 4.69. The molecule has 4 heteroatoms. The summed E-state index contributed by atoms with van der Waals surface area (Å²) in [5.74, 6) is 0.897. The maximum atomic E-state index is 11.1. The van der Waals surface area contributed by atoms with Gasteiger partial charge in [0.25, 0.3) is 0 Å². The topological polar surface area (TPSA) is 58.7 Å². The number of nitrogens with two attached hydrogens (primary N) is 1. The summed E-state index contributed by atoms with van der Waals surface area (Å²) in [6.45, 7) is 2.69. The van der Waals surface area contributed by atoms with Crippen molar-refractivity contribution in [2.24, 2.45) is 10.7 Å². The molecule has 2 N–H and O–H groups in total. The van der Waals surface area contributed by atoms with E-state index in [2.05, 4.69) is 4.99 Å². The second-order valence-electron chi connectivity index (χ2n) is 3.44.